The highest BCUT2D eigenvalue weighted by Crippen LogP contribution is 2.24. The molecule has 0 aliphatic carbocycles. The Morgan fingerprint density at radius 1 is 1.12 bits per heavy atom. The van der Waals surface area contributed by atoms with Crippen LogP contribution in [0, 0.1) is 0 Å². The molecular weight excluding hydrogens is 358 g/mol. The summed E-state index contributed by atoms with van der Waals surface area (Å²) in [5, 5.41) is 11.5. The Morgan fingerprint density at radius 2 is 2.04 bits per heavy atom. The Kier molecular flexibility index (Phi) is 4.28. The van der Waals surface area contributed by atoms with Gasteiger partial charge in [-0.3, -0.25) is 4.79 Å². The maximum atomic E-state index is 12.1. The molecule has 26 heavy (non-hydrogen) atoms. The van der Waals surface area contributed by atoms with Gasteiger partial charge in [0.15, 0.2) is 5.76 Å². The van der Waals surface area contributed by atoms with Crippen molar-refractivity contribution in [1.82, 2.24) is 10.2 Å². The zero-order valence-electron chi connectivity index (χ0n) is 13.2. The van der Waals surface area contributed by atoms with E-state index in [1.54, 1.807) is 36.4 Å². The van der Waals surface area contributed by atoms with Crippen molar-refractivity contribution >= 4 is 34.3 Å². The van der Waals surface area contributed by atoms with E-state index in [0.717, 1.165) is 17.1 Å². The maximum absolute atomic E-state index is 12.1. The summed E-state index contributed by atoms with van der Waals surface area (Å²) in [4.78, 5) is 23.3. The van der Waals surface area contributed by atoms with Crippen LogP contribution < -0.4 is 10.9 Å². The van der Waals surface area contributed by atoms with E-state index in [1.165, 1.54) is 12.3 Å². The number of furan rings is 1. The number of benzene rings is 1. The number of amides is 1. The zero-order chi connectivity index (χ0) is 17.9. The first-order valence-electron chi connectivity index (χ1n) is 7.51. The van der Waals surface area contributed by atoms with Gasteiger partial charge in [-0.05, 0) is 36.4 Å². The van der Waals surface area contributed by atoms with E-state index < -0.39 is 5.63 Å². The van der Waals surface area contributed by atoms with E-state index >= 15 is 0 Å². The lowest BCUT2D eigenvalue weighted by Crippen LogP contribution is -2.14. The monoisotopic (exact) mass is 369 g/mol. The van der Waals surface area contributed by atoms with Crippen molar-refractivity contribution in [2.24, 2.45) is 0 Å². The van der Waals surface area contributed by atoms with Crippen molar-refractivity contribution in [2.75, 3.05) is 11.1 Å². The van der Waals surface area contributed by atoms with Gasteiger partial charge in [-0.25, -0.2) is 4.79 Å². The van der Waals surface area contributed by atoms with E-state index in [1.807, 2.05) is 0 Å². The smallest absolute Gasteiger partial charge is 0.336 e. The van der Waals surface area contributed by atoms with Crippen LogP contribution in [-0.4, -0.2) is 21.9 Å². The average Bonchev–Trinajstić information content (AvgIpc) is 3.31. The van der Waals surface area contributed by atoms with Crippen molar-refractivity contribution < 1.29 is 18.0 Å². The summed E-state index contributed by atoms with van der Waals surface area (Å²) in [7, 11) is 0. The summed E-state index contributed by atoms with van der Waals surface area (Å²) in [6.45, 7) is 0. The molecule has 1 N–H and O–H groups in total. The lowest BCUT2D eigenvalue weighted by molar-refractivity contribution is -0.113. The normalized spacial score (nSPS) is 10.9. The largest absolute Gasteiger partial charge is 0.459 e. The summed E-state index contributed by atoms with van der Waals surface area (Å²) in [5.41, 5.74) is 0.638. The Labute approximate surface area is 150 Å². The van der Waals surface area contributed by atoms with Crippen LogP contribution in [0.4, 0.5) is 5.69 Å². The zero-order valence-corrected chi connectivity index (χ0v) is 14.0. The molecular formula is C17H11N3O5S. The summed E-state index contributed by atoms with van der Waals surface area (Å²) in [5.74, 6) is 0.594. The molecule has 0 spiro atoms. The first-order chi connectivity index (χ1) is 12.7. The van der Waals surface area contributed by atoms with E-state index in [9.17, 15) is 9.59 Å². The number of rotatable bonds is 5. The second-order valence-corrected chi connectivity index (χ2v) is 6.12. The molecule has 4 rings (SSSR count). The molecule has 0 radical (unpaired) electrons. The molecule has 3 aromatic heterocycles. The molecule has 4 aromatic rings. The molecule has 0 fully saturated rings. The predicted molar refractivity (Wildman–Crippen MR) is 93.8 cm³/mol. The predicted octanol–water partition coefficient (Wildman–Crippen LogP) is 3.17. The third kappa shape index (κ3) is 3.52. The van der Waals surface area contributed by atoms with Crippen LogP contribution in [0.1, 0.15) is 0 Å². The molecule has 3 heterocycles. The van der Waals surface area contributed by atoms with Crippen molar-refractivity contribution in [3.05, 3.63) is 59.1 Å². The second-order valence-electron chi connectivity index (χ2n) is 5.19. The molecule has 0 aliphatic rings. The minimum absolute atomic E-state index is 0.0989. The molecule has 0 bridgehead atoms. The summed E-state index contributed by atoms with van der Waals surface area (Å²) in [6.07, 6.45) is 1.51. The summed E-state index contributed by atoms with van der Waals surface area (Å²) in [6, 6.07) is 11.4. The van der Waals surface area contributed by atoms with Gasteiger partial charge in [0.1, 0.15) is 5.58 Å². The van der Waals surface area contributed by atoms with E-state index in [4.69, 9.17) is 13.3 Å². The van der Waals surface area contributed by atoms with Crippen molar-refractivity contribution in [3.63, 3.8) is 0 Å². The number of anilines is 1. The summed E-state index contributed by atoms with van der Waals surface area (Å²) >= 11 is 1.12. The fourth-order valence-electron chi connectivity index (χ4n) is 2.24. The minimum Gasteiger partial charge on any atom is -0.459 e. The standard InChI is InChI=1S/C17H11N3O5S/c21-14(9-26-17-20-19-16(25-17)13-2-1-7-23-13)18-11-4-5-12-10(8-11)3-6-15(22)24-12/h1-8H,9H2,(H,18,21). The van der Waals surface area contributed by atoms with E-state index in [2.05, 4.69) is 15.5 Å². The number of carbonyl (C=O) groups excluding carboxylic acids is 1. The molecule has 0 saturated heterocycles. The number of thioether (sulfide) groups is 1. The van der Waals surface area contributed by atoms with Gasteiger partial charge < -0.3 is 18.6 Å². The highest BCUT2D eigenvalue weighted by atomic mass is 32.2. The molecule has 8 nitrogen and oxygen atoms in total. The SMILES string of the molecule is O=C(CSc1nnc(-c2ccco2)o1)Nc1ccc2oc(=O)ccc2c1. The molecule has 130 valence electrons. The van der Waals surface area contributed by atoms with Crippen molar-refractivity contribution in [2.45, 2.75) is 5.22 Å². The molecule has 0 saturated carbocycles. The Bertz CT molecular complexity index is 1120. The van der Waals surface area contributed by atoms with Crippen LogP contribution in [0.25, 0.3) is 22.6 Å². The van der Waals surface area contributed by atoms with Crippen LogP contribution in [0.2, 0.25) is 0 Å². The molecule has 1 amide bonds. The Morgan fingerprint density at radius 3 is 2.88 bits per heavy atom. The number of nitrogens with zero attached hydrogens (tertiary/aromatic N) is 2. The average molecular weight is 369 g/mol. The van der Waals surface area contributed by atoms with Gasteiger partial charge in [0.25, 0.3) is 11.1 Å². The van der Waals surface area contributed by atoms with Crippen LogP contribution in [-0.2, 0) is 4.79 Å². The van der Waals surface area contributed by atoms with Crippen LogP contribution in [0.3, 0.4) is 0 Å². The van der Waals surface area contributed by atoms with Gasteiger partial charge in [0, 0.05) is 17.1 Å². The van der Waals surface area contributed by atoms with Crippen LogP contribution in [0.15, 0.2) is 72.0 Å². The minimum atomic E-state index is -0.417. The Hall–Kier alpha value is -3.33. The number of nitrogens with one attached hydrogen (secondary N) is 1. The molecule has 1 aromatic carbocycles. The third-order valence-corrected chi connectivity index (χ3v) is 4.19. The lowest BCUT2D eigenvalue weighted by Gasteiger charge is -2.05. The van der Waals surface area contributed by atoms with Gasteiger partial charge >= 0.3 is 5.63 Å². The third-order valence-electron chi connectivity index (χ3n) is 3.37. The van der Waals surface area contributed by atoms with Crippen LogP contribution >= 0.6 is 11.8 Å². The van der Waals surface area contributed by atoms with E-state index in [0.29, 0.717) is 17.0 Å². The summed E-state index contributed by atoms with van der Waals surface area (Å²) < 4.78 is 15.6. The Balaban J connectivity index is 1.38. The highest BCUT2D eigenvalue weighted by molar-refractivity contribution is 7.99. The maximum Gasteiger partial charge on any atom is 0.336 e. The lowest BCUT2D eigenvalue weighted by atomic mass is 10.2. The van der Waals surface area contributed by atoms with Gasteiger partial charge in [0.05, 0.1) is 12.0 Å². The molecule has 9 heteroatoms. The van der Waals surface area contributed by atoms with Gasteiger partial charge in [-0.1, -0.05) is 11.8 Å². The fraction of sp³-hybridized carbons (Fsp3) is 0.0588. The molecule has 0 unspecified atom stereocenters. The second kappa shape index (κ2) is 6.89. The number of fused-ring (bicyclic) bond motifs is 1. The quantitative estimate of drug-likeness (QED) is 0.422. The fourth-order valence-corrected chi connectivity index (χ4v) is 2.81. The first-order valence-corrected chi connectivity index (χ1v) is 8.50. The van der Waals surface area contributed by atoms with Gasteiger partial charge in [-0.2, -0.15) is 0 Å². The first kappa shape index (κ1) is 16.2. The number of carbonyl (C=O) groups is 1. The highest BCUT2D eigenvalue weighted by Gasteiger charge is 2.13. The molecule has 0 atom stereocenters. The van der Waals surface area contributed by atoms with Gasteiger partial charge in [0.2, 0.25) is 5.91 Å². The molecule has 0 aliphatic heterocycles. The number of aromatic nitrogens is 2. The number of hydrogen-bond donors (Lipinski definition) is 1. The van der Waals surface area contributed by atoms with Crippen molar-refractivity contribution in [3.8, 4) is 11.7 Å². The van der Waals surface area contributed by atoms with Crippen molar-refractivity contribution in [1.29, 1.82) is 0 Å². The topological polar surface area (TPSA) is 111 Å². The van der Waals surface area contributed by atoms with Gasteiger partial charge in [-0.15, -0.1) is 10.2 Å². The van der Waals surface area contributed by atoms with Crippen LogP contribution in [0.5, 0.6) is 0 Å². The number of hydrogen-bond acceptors (Lipinski definition) is 8. The van der Waals surface area contributed by atoms with E-state index in [-0.39, 0.29) is 22.8 Å².